The Labute approximate surface area is 154 Å². The van der Waals surface area contributed by atoms with Crippen LogP contribution in [0.3, 0.4) is 0 Å². The van der Waals surface area contributed by atoms with Gasteiger partial charge in [0, 0.05) is 25.7 Å². The highest BCUT2D eigenvalue weighted by molar-refractivity contribution is 5.95. The molecule has 2 rings (SSSR count). The molecular weight excluding hydrogens is 332 g/mol. The second-order valence-electron chi connectivity index (χ2n) is 5.81. The summed E-state index contributed by atoms with van der Waals surface area (Å²) in [5.41, 5.74) is 1.52. The normalized spacial score (nSPS) is 10.3. The molecule has 0 spiro atoms. The van der Waals surface area contributed by atoms with Crippen molar-refractivity contribution < 1.29 is 19.0 Å². The number of benzene rings is 2. The fourth-order valence-electron chi connectivity index (χ4n) is 2.48. The lowest BCUT2D eigenvalue weighted by Gasteiger charge is -2.20. The lowest BCUT2D eigenvalue weighted by molar-refractivity contribution is 0.0796. The number of methoxy groups -OCH3 is 2. The van der Waals surface area contributed by atoms with Crippen molar-refractivity contribution in [2.45, 2.75) is 6.61 Å². The van der Waals surface area contributed by atoms with Crippen molar-refractivity contribution >= 4 is 5.91 Å². The van der Waals surface area contributed by atoms with Crippen LogP contribution in [0.5, 0.6) is 17.2 Å². The maximum atomic E-state index is 12.6. The first-order valence-corrected chi connectivity index (χ1v) is 8.43. The first-order chi connectivity index (χ1) is 12.6. The zero-order valence-electron chi connectivity index (χ0n) is 15.7. The Balaban J connectivity index is 2.25. The number of hydrogen-bond acceptors (Lipinski definition) is 5. The van der Waals surface area contributed by atoms with E-state index in [0.717, 1.165) is 12.1 Å². The van der Waals surface area contributed by atoms with E-state index in [1.807, 2.05) is 37.4 Å². The number of carbonyl (C=O) groups excluding carboxylic acids is 1. The number of nitrogens with zero attached hydrogens (tertiary/aromatic N) is 1. The van der Waals surface area contributed by atoms with Gasteiger partial charge in [-0.3, -0.25) is 4.79 Å². The molecule has 26 heavy (non-hydrogen) atoms. The Morgan fingerprint density at radius 1 is 1.08 bits per heavy atom. The number of rotatable bonds is 9. The molecule has 0 aliphatic heterocycles. The molecule has 0 aliphatic rings. The number of likely N-dealkylation sites (N-methyl/N-ethyl adjacent to an activating group) is 2. The van der Waals surface area contributed by atoms with E-state index in [1.165, 1.54) is 0 Å². The molecule has 1 amide bonds. The molecule has 0 saturated heterocycles. The minimum Gasteiger partial charge on any atom is -0.493 e. The molecular formula is C20H26N2O4. The highest BCUT2D eigenvalue weighted by Crippen LogP contribution is 2.39. The SMILES string of the molecule is CNCCN(C)C(=O)c1cc(OC)c(OCc2ccccc2)c(OC)c1. The number of ether oxygens (including phenoxy) is 3. The topological polar surface area (TPSA) is 60.0 Å². The zero-order chi connectivity index (χ0) is 18.9. The van der Waals surface area contributed by atoms with Crippen molar-refractivity contribution in [1.29, 1.82) is 0 Å². The molecule has 2 aromatic rings. The van der Waals surface area contributed by atoms with Crippen molar-refractivity contribution in [1.82, 2.24) is 10.2 Å². The van der Waals surface area contributed by atoms with Crippen LogP contribution in [0.4, 0.5) is 0 Å². The minimum absolute atomic E-state index is 0.105. The molecule has 0 aromatic heterocycles. The molecule has 0 aliphatic carbocycles. The summed E-state index contributed by atoms with van der Waals surface area (Å²) in [6, 6.07) is 13.2. The van der Waals surface area contributed by atoms with Crippen molar-refractivity contribution in [2.75, 3.05) is 41.4 Å². The quantitative estimate of drug-likeness (QED) is 0.747. The van der Waals surface area contributed by atoms with Gasteiger partial charge in [-0.15, -0.1) is 0 Å². The summed E-state index contributed by atoms with van der Waals surface area (Å²) in [6.45, 7) is 1.70. The molecule has 0 bridgehead atoms. The van der Waals surface area contributed by atoms with Crippen molar-refractivity contribution in [3.8, 4) is 17.2 Å². The van der Waals surface area contributed by atoms with Gasteiger partial charge >= 0.3 is 0 Å². The lowest BCUT2D eigenvalue weighted by atomic mass is 10.1. The standard InChI is InChI=1S/C20H26N2O4/c1-21-10-11-22(2)20(23)16-12-17(24-3)19(18(13-16)25-4)26-14-15-8-6-5-7-9-15/h5-9,12-13,21H,10-11,14H2,1-4H3. The molecule has 0 unspecified atom stereocenters. The molecule has 0 heterocycles. The summed E-state index contributed by atoms with van der Waals surface area (Å²) < 4.78 is 16.8. The summed E-state index contributed by atoms with van der Waals surface area (Å²) >= 11 is 0. The first kappa shape index (κ1) is 19.6. The third kappa shape index (κ3) is 4.89. The van der Waals surface area contributed by atoms with E-state index in [-0.39, 0.29) is 5.91 Å². The summed E-state index contributed by atoms with van der Waals surface area (Å²) in [5, 5.41) is 3.03. The molecule has 0 saturated carbocycles. The Hall–Kier alpha value is -2.73. The molecule has 0 atom stereocenters. The monoisotopic (exact) mass is 358 g/mol. The minimum atomic E-state index is -0.105. The zero-order valence-corrected chi connectivity index (χ0v) is 15.7. The van der Waals surface area contributed by atoms with Crippen LogP contribution in [0.15, 0.2) is 42.5 Å². The number of hydrogen-bond donors (Lipinski definition) is 1. The second-order valence-corrected chi connectivity index (χ2v) is 5.81. The highest BCUT2D eigenvalue weighted by Gasteiger charge is 2.19. The summed E-state index contributed by atoms with van der Waals surface area (Å²) in [4.78, 5) is 14.3. The average molecular weight is 358 g/mol. The van der Waals surface area contributed by atoms with Crippen molar-refractivity contribution in [3.63, 3.8) is 0 Å². The third-order valence-electron chi connectivity index (χ3n) is 3.98. The van der Waals surface area contributed by atoms with Crippen molar-refractivity contribution in [2.24, 2.45) is 0 Å². The Kier molecular flexibility index (Phi) is 7.29. The van der Waals surface area contributed by atoms with E-state index in [0.29, 0.717) is 36.0 Å². The smallest absolute Gasteiger partial charge is 0.253 e. The van der Waals surface area contributed by atoms with Gasteiger partial charge in [-0.25, -0.2) is 0 Å². The predicted molar refractivity (Wildman–Crippen MR) is 101 cm³/mol. The van der Waals surface area contributed by atoms with Gasteiger partial charge in [-0.1, -0.05) is 30.3 Å². The summed E-state index contributed by atoms with van der Waals surface area (Å²) in [5.74, 6) is 1.30. The Morgan fingerprint density at radius 2 is 1.69 bits per heavy atom. The largest absolute Gasteiger partial charge is 0.493 e. The van der Waals surface area contributed by atoms with Gasteiger partial charge in [0.15, 0.2) is 11.5 Å². The molecule has 0 radical (unpaired) electrons. The van der Waals surface area contributed by atoms with Gasteiger partial charge < -0.3 is 24.4 Å². The fourth-order valence-corrected chi connectivity index (χ4v) is 2.48. The lowest BCUT2D eigenvalue weighted by Crippen LogP contribution is -2.32. The van der Waals surface area contributed by atoms with E-state index in [9.17, 15) is 4.79 Å². The molecule has 6 heteroatoms. The molecule has 2 aromatic carbocycles. The maximum Gasteiger partial charge on any atom is 0.253 e. The van der Waals surface area contributed by atoms with E-state index in [1.54, 1.807) is 38.3 Å². The molecule has 1 N–H and O–H groups in total. The Bertz CT molecular complexity index is 694. The molecule has 140 valence electrons. The van der Waals surface area contributed by atoms with Gasteiger partial charge in [0.2, 0.25) is 5.75 Å². The van der Waals surface area contributed by atoms with Crippen LogP contribution in [0, 0.1) is 0 Å². The van der Waals surface area contributed by atoms with E-state index in [2.05, 4.69) is 5.32 Å². The number of nitrogens with one attached hydrogen (secondary N) is 1. The van der Waals surface area contributed by atoms with E-state index in [4.69, 9.17) is 14.2 Å². The van der Waals surface area contributed by atoms with Gasteiger partial charge in [0.05, 0.1) is 14.2 Å². The van der Waals surface area contributed by atoms with Crippen LogP contribution in [0.2, 0.25) is 0 Å². The third-order valence-corrected chi connectivity index (χ3v) is 3.98. The van der Waals surface area contributed by atoms with Crippen LogP contribution in [-0.4, -0.2) is 52.2 Å². The number of carbonyl (C=O) groups is 1. The van der Waals surface area contributed by atoms with Crippen LogP contribution in [0.1, 0.15) is 15.9 Å². The van der Waals surface area contributed by atoms with Crippen LogP contribution < -0.4 is 19.5 Å². The van der Waals surface area contributed by atoms with Crippen molar-refractivity contribution in [3.05, 3.63) is 53.6 Å². The predicted octanol–water partition coefficient (Wildman–Crippen LogP) is 2.57. The summed E-state index contributed by atoms with van der Waals surface area (Å²) in [6.07, 6.45) is 0. The maximum absolute atomic E-state index is 12.6. The molecule has 6 nitrogen and oxygen atoms in total. The Morgan fingerprint density at radius 3 is 2.23 bits per heavy atom. The highest BCUT2D eigenvalue weighted by atomic mass is 16.5. The van der Waals surface area contributed by atoms with E-state index >= 15 is 0 Å². The van der Waals surface area contributed by atoms with Crippen LogP contribution >= 0.6 is 0 Å². The van der Waals surface area contributed by atoms with Gasteiger partial charge in [-0.05, 0) is 24.7 Å². The van der Waals surface area contributed by atoms with Gasteiger partial charge in [0.1, 0.15) is 6.61 Å². The average Bonchev–Trinajstić information content (AvgIpc) is 2.69. The first-order valence-electron chi connectivity index (χ1n) is 8.43. The second kappa shape index (κ2) is 9.68. The van der Waals surface area contributed by atoms with Gasteiger partial charge in [-0.2, -0.15) is 0 Å². The van der Waals surface area contributed by atoms with E-state index < -0.39 is 0 Å². The summed E-state index contributed by atoms with van der Waals surface area (Å²) in [7, 11) is 6.70. The van der Waals surface area contributed by atoms with Gasteiger partial charge in [0.25, 0.3) is 5.91 Å². The van der Waals surface area contributed by atoms with Crippen LogP contribution in [0.25, 0.3) is 0 Å². The fraction of sp³-hybridized carbons (Fsp3) is 0.350. The number of amides is 1. The molecule has 0 fully saturated rings. The van der Waals surface area contributed by atoms with Crippen LogP contribution in [-0.2, 0) is 6.61 Å².